The summed E-state index contributed by atoms with van der Waals surface area (Å²) in [7, 11) is 0. The molecule has 3 nitrogen and oxygen atoms in total. The van der Waals surface area contributed by atoms with Crippen LogP contribution in [0, 0.1) is 0 Å². The van der Waals surface area contributed by atoms with Crippen molar-refractivity contribution in [3.63, 3.8) is 0 Å². The lowest BCUT2D eigenvalue weighted by Gasteiger charge is -2.05. The number of hydrogen-bond acceptors (Lipinski definition) is 3. The minimum absolute atomic E-state index is 0.271. The van der Waals surface area contributed by atoms with Crippen LogP contribution in [0.15, 0.2) is 5.51 Å². The van der Waals surface area contributed by atoms with Crippen LogP contribution in [0.5, 0.6) is 0 Å². The first kappa shape index (κ1) is 11.0. The second-order valence-electron chi connectivity index (χ2n) is 2.39. The lowest BCUT2D eigenvalue weighted by molar-refractivity contribution is -0.134. The topological polar surface area (TPSA) is 42.0 Å². The minimum atomic E-state index is -4.51. The Balaban J connectivity index is 2.99. The molecule has 0 atom stereocenters. The number of rotatable bonds is 2. The first-order chi connectivity index (χ1) is 6.46. The molecule has 7 heteroatoms. The molecular formula is C7H7F3N2OS. The molecule has 1 aromatic heterocycles. The Labute approximate surface area is 82.0 Å². The average Bonchev–Trinajstić information content (AvgIpc) is 2.50. The third kappa shape index (κ3) is 2.22. The van der Waals surface area contributed by atoms with Crippen molar-refractivity contribution in [2.24, 2.45) is 0 Å². The molecule has 0 aliphatic carbocycles. The molecule has 1 heterocycles. The van der Waals surface area contributed by atoms with E-state index in [1.165, 1.54) is 0 Å². The van der Waals surface area contributed by atoms with E-state index in [1.54, 1.807) is 6.92 Å². The van der Waals surface area contributed by atoms with Crippen LogP contribution in [-0.2, 0) is 6.18 Å². The van der Waals surface area contributed by atoms with Crippen LogP contribution in [-0.4, -0.2) is 17.4 Å². The number of halogens is 3. The molecule has 0 aliphatic heterocycles. The minimum Gasteiger partial charge on any atom is -0.351 e. The number of amides is 1. The third-order valence-electron chi connectivity index (χ3n) is 1.38. The average molecular weight is 224 g/mol. The Morgan fingerprint density at radius 3 is 2.79 bits per heavy atom. The van der Waals surface area contributed by atoms with Crippen molar-refractivity contribution in [3.8, 4) is 0 Å². The van der Waals surface area contributed by atoms with Crippen LogP contribution in [0.4, 0.5) is 13.2 Å². The summed E-state index contributed by atoms with van der Waals surface area (Å²) in [6, 6.07) is 0. The molecule has 0 aromatic carbocycles. The van der Waals surface area contributed by atoms with Gasteiger partial charge in [0.1, 0.15) is 4.88 Å². The normalized spacial score (nSPS) is 11.4. The Kier molecular flexibility index (Phi) is 3.10. The van der Waals surface area contributed by atoms with Gasteiger partial charge in [0.2, 0.25) is 0 Å². The maximum Gasteiger partial charge on any atom is 0.427 e. The molecule has 78 valence electrons. The number of aromatic nitrogens is 1. The molecule has 14 heavy (non-hydrogen) atoms. The van der Waals surface area contributed by atoms with Gasteiger partial charge in [0.05, 0.1) is 5.51 Å². The standard InChI is InChI=1S/C7H7F3N2OS/c1-2-11-6(13)4-5(7(8,9)10)14-3-12-4/h3H,2H2,1H3,(H,11,13). The fourth-order valence-corrected chi connectivity index (χ4v) is 1.51. The van der Waals surface area contributed by atoms with Crippen LogP contribution in [0.25, 0.3) is 0 Å². The lowest BCUT2D eigenvalue weighted by atomic mass is 10.3. The third-order valence-corrected chi connectivity index (χ3v) is 2.25. The maximum absolute atomic E-state index is 12.3. The molecule has 0 spiro atoms. The van der Waals surface area contributed by atoms with Crippen molar-refractivity contribution in [1.29, 1.82) is 0 Å². The molecule has 0 aliphatic rings. The van der Waals surface area contributed by atoms with Crippen LogP contribution >= 0.6 is 11.3 Å². The number of carbonyl (C=O) groups is 1. The van der Waals surface area contributed by atoms with Gasteiger partial charge in [-0.15, -0.1) is 11.3 Å². The summed E-state index contributed by atoms with van der Waals surface area (Å²) in [5.41, 5.74) is 0.456. The number of thiazole rings is 1. The molecule has 1 amide bonds. The molecule has 0 saturated heterocycles. The van der Waals surface area contributed by atoms with Crippen molar-refractivity contribution in [1.82, 2.24) is 10.3 Å². The summed E-state index contributed by atoms with van der Waals surface area (Å²) in [4.78, 5) is 13.5. The maximum atomic E-state index is 12.3. The second-order valence-corrected chi connectivity index (χ2v) is 3.24. The van der Waals surface area contributed by atoms with Crippen molar-refractivity contribution in [3.05, 3.63) is 16.1 Å². The first-order valence-corrected chi connectivity index (χ1v) is 4.63. The van der Waals surface area contributed by atoms with E-state index in [-0.39, 0.29) is 6.54 Å². The molecule has 0 fully saturated rings. The molecule has 1 rings (SSSR count). The number of hydrogen-bond donors (Lipinski definition) is 1. The molecule has 1 aromatic rings. The smallest absolute Gasteiger partial charge is 0.351 e. The molecule has 1 N–H and O–H groups in total. The van der Waals surface area contributed by atoms with E-state index in [1.807, 2.05) is 0 Å². The Hall–Kier alpha value is -1.11. The molecule has 0 saturated carbocycles. The molecule has 0 radical (unpaired) electrons. The zero-order chi connectivity index (χ0) is 10.8. The van der Waals surface area contributed by atoms with Gasteiger partial charge in [-0.2, -0.15) is 13.2 Å². The van der Waals surface area contributed by atoms with Crippen molar-refractivity contribution in [2.45, 2.75) is 13.1 Å². The van der Waals surface area contributed by atoms with Crippen molar-refractivity contribution in [2.75, 3.05) is 6.54 Å². The highest BCUT2D eigenvalue weighted by molar-refractivity contribution is 7.10. The van der Waals surface area contributed by atoms with Crippen LogP contribution in [0.2, 0.25) is 0 Å². The van der Waals surface area contributed by atoms with E-state index in [2.05, 4.69) is 10.3 Å². The second kappa shape index (κ2) is 3.95. The number of nitrogens with one attached hydrogen (secondary N) is 1. The van der Waals surface area contributed by atoms with Gasteiger partial charge in [-0.25, -0.2) is 4.98 Å². The molecule has 0 unspecified atom stereocenters. The van der Waals surface area contributed by atoms with Gasteiger partial charge in [0, 0.05) is 6.54 Å². The van der Waals surface area contributed by atoms with Gasteiger partial charge in [-0.1, -0.05) is 0 Å². The van der Waals surface area contributed by atoms with Gasteiger partial charge in [-0.05, 0) is 6.92 Å². The largest absolute Gasteiger partial charge is 0.427 e. The zero-order valence-electron chi connectivity index (χ0n) is 7.18. The zero-order valence-corrected chi connectivity index (χ0v) is 8.00. The van der Waals surface area contributed by atoms with Gasteiger partial charge in [0.25, 0.3) is 5.91 Å². The Morgan fingerprint density at radius 2 is 2.29 bits per heavy atom. The van der Waals surface area contributed by atoms with Gasteiger partial charge >= 0.3 is 6.18 Å². The van der Waals surface area contributed by atoms with E-state index in [4.69, 9.17) is 0 Å². The van der Waals surface area contributed by atoms with Gasteiger partial charge in [-0.3, -0.25) is 4.79 Å². The molecular weight excluding hydrogens is 217 g/mol. The Bertz CT molecular complexity index is 334. The summed E-state index contributed by atoms with van der Waals surface area (Å²) < 4.78 is 36.8. The van der Waals surface area contributed by atoms with E-state index >= 15 is 0 Å². The van der Waals surface area contributed by atoms with Crippen molar-refractivity contribution >= 4 is 17.2 Å². The first-order valence-electron chi connectivity index (χ1n) is 3.75. The molecule has 0 bridgehead atoms. The highest BCUT2D eigenvalue weighted by Crippen LogP contribution is 2.34. The van der Waals surface area contributed by atoms with Crippen LogP contribution < -0.4 is 5.32 Å². The van der Waals surface area contributed by atoms with E-state index in [9.17, 15) is 18.0 Å². The summed E-state index contributed by atoms with van der Waals surface area (Å²) in [6.07, 6.45) is -4.51. The lowest BCUT2D eigenvalue weighted by Crippen LogP contribution is -2.25. The quantitative estimate of drug-likeness (QED) is 0.833. The monoisotopic (exact) mass is 224 g/mol. The highest BCUT2D eigenvalue weighted by Gasteiger charge is 2.37. The number of nitrogens with zero attached hydrogens (tertiary/aromatic N) is 1. The fraction of sp³-hybridized carbons (Fsp3) is 0.429. The van der Waals surface area contributed by atoms with E-state index < -0.39 is 22.7 Å². The van der Waals surface area contributed by atoms with E-state index in [0.717, 1.165) is 5.51 Å². The Morgan fingerprint density at radius 1 is 1.64 bits per heavy atom. The number of alkyl halides is 3. The van der Waals surface area contributed by atoms with Gasteiger partial charge in [0.15, 0.2) is 5.69 Å². The van der Waals surface area contributed by atoms with Crippen molar-refractivity contribution < 1.29 is 18.0 Å². The predicted octanol–water partition coefficient (Wildman–Crippen LogP) is 1.91. The summed E-state index contributed by atoms with van der Waals surface area (Å²) in [6.45, 7) is 1.89. The summed E-state index contributed by atoms with van der Waals surface area (Å²) >= 11 is 0.414. The highest BCUT2D eigenvalue weighted by atomic mass is 32.1. The van der Waals surface area contributed by atoms with Crippen LogP contribution in [0.3, 0.4) is 0 Å². The van der Waals surface area contributed by atoms with Crippen LogP contribution in [0.1, 0.15) is 22.3 Å². The van der Waals surface area contributed by atoms with E-state index in [0.29, 0.717) is 11.3 Å². The predicted molar refractivity (Wildman–Crippen MR) is 45.1 cm³/mol. The number of carbonyl (C=O) groups excluding carboxylic acids is 1. The van der Waals surface area contributed by atoms with Gasteiger partial charge < -0.3 is 5.32 Å². The summed E-state index contributed by atoms with van der Waals surface area (Å²) in [5, 5.41) is 2.27. The fourth-order valence-electron chi connectivity index (χ4n) is 0.853. The SMILES string of the molecule is CCNC(=O)c1ncsc1C(F)(F)F. The summed E-state index contributed by atoms with van der Waals surface area (Å²) in [5.74, 6) is -0.791.